The average molecular weight is 328 g/mol. The summed E-state index contributed by atoms with van der Waals surface area (Å²) in [5.74, 6) is 0. The van der Waals surface area contributed by atoms with Crippen LogP contribution in [0.3, 0.4) is 0 Å². The lowest BCUT2D eigenvalue weighted by atomic mass is 10.3. The molecule has 1 atom stereocenters. The summed E-state index contributed by atoms with van der Waals surface area (Å²) in [6, 6.07) is 0. The number of nitrogens with zero attached hydrogens (tertiary/aromatic N) is 4. The minimum Gasteiger partial charge on any atom is -0.394 e. The molecule has 2 rings (SSSR count). The van der Waals surface area contributed by atoms with Crippen LogP contribution in [-0.4, -0.2) is 61.6 Å². The fourth-order valence-electron chi connectivity index (χ4n) is 2.18. The molecule has 2 heterocycles. The summed E-state index contributed by atoms with van der Waals surface area (Å²) in [6.45, 7) is 0.0982. The van der Waals surface area contributed by atoms with Gasteiger partial charge in [-0.05, 0) is 0 Å². The van der Waals surface area contributed by atoms with E-state index in [1.165, 1.54) is 29.6 Å². The van der Waals surface area contributed by atoms with Crippen LogP contribution in [0.4, 0.5) is 0 Å². The van der Waals surface area contributed by atoms with Crippen molar-refractivity contribution in [3.63, 3.8) is 0 Å². The number of aliphatic hydroxyl groups is 2. The van der Waals surface area contributed by atoms with E-state index in [-0.39, 0.29) is 44.3 Å². The van der Waals surface area contributed by atoms with Gasteiger partial charge in [0.25, 0.3) is 5.56 Å². The van der Waals surface area contributed by atoms with Crippen molar-refractivity contribution in [3.05, 3.63) is 27.2 Å². The third-order valence-electron chi connectivity index (χ3n) is 3.34. The van der Waals surface area contributed by atoms with Crippen molar-refractivity contribution in [2.75, 3.05) is 26.6 Å². The number of imidazole rings is 1. The second-order valence-corrected chi connectivity index (χ2v) is 5.05. The molecule has 2 N–H and O–H groups in total. The summed E-state index contributed by atoms with van der Waals surface area (Å²) in [5, 5.41) is 18.5. The lowest BCUT2D eigenvalue weighted by Gasteiger charge is -2.13. The lowest BCUT2D eigenvalue weighted by molar-refractivity contribution is -0.0864. The van der Waals surface area contributed by atoms with E-state index >= 15 is 0 Å². The molecule has 10 heteroatoms. The summed E-state index contributed by atoms with van der Waals surface area (Å²) in [5.41, 5.74) is -0.430. The highest BCUT2D eigenvalue weighted by molar-refractivity contribution is 5.69. The summed E-state index contributed by atoms with van der Waals surface area (Å²) in [7, 11) is 2.92. The summed E-state index contributed by atoms with van der Waals surface area (Å²) in [6.07, 6.45) is 0.517. The fourth-order valence-corrected chi connectivity index (χ4v) is 2.18. The molecule has 0 aliphatic heterocycles. The van der Waals surface area contributed by atoms with Crippen molar-refractivity contribution in [2.24, 2.45) is 14.1 Å². The van der Waals surface area contributed by atoms with Crippen LogP contribution >= 0.6 is 0 Å². The zero-order valence-electron chi connectivity index (χ0n) is 13.0. The Balaban J connectivity index is 2.12. The van der Waals surface area contributed by atoms with Gasteiger partial charge in [0.1, 0.15) is 6.79 Å². The van der Waals surface area contributed by atoms with Crippen molar-refractivity contribution in [3.8, 4) is 0 Å². The first-order chi connectivity index (χ1) is 11.0. The topological polar surface area (TPSA) is 121 Å². The first kappa shape index (κ1) is 17.3. The van der Waals surface area contributed by atoms with Gasteiger partial charge in [0.15, 0.2) is 11.2 Å². The van der Waals surface area contributed by atoms with Crippen molar-refractivity contribution in [2.45, 2.75) is 12.6 Å². The van der Waals surface area contributed by atoms with Gasteiger partial charge in [-0.1, -0.05) is 0 Å². The molecule has 0 aliphatic rings. The van der Waals surface area contributed by atoms with Crippen molar-refractivity contribution < 1.29 is 19.7 Å². The maximum atomic E-state index is 12.2. The molecule has 0 amide bonds. The molecule has 2 aromatic rings. The molecule has 10 nitrogen and oxygen atoms in total. The molecule has 0 fully saturated rings. The van der Waals surface area contributed by atoms with Gasteiger partial charge in [0, 0.05) is 14.1 Å². The van der Waals surface area contributed by atoms with Crippen LogP contribution in [0.5, 0.6) is 0 Å². The van der Waals surface area contributed by atoms with E-state index in [0.717, 1.165) is 4.57 Å². The van der Waals surface area contributed by atoms with E-state index in [2.05, 4.69) is 4.98 Å². The van der Waals surface area contributed by atoms with Crippen LogP contribution in [0.1, 0.15) is 0 Å². The number of aromatic nitrogens is 4. The largest absolute Gasteiger partial charge is 0.394 e. The molecule has 0 spiro atoms. The summed E-state index contributed by atoms with van der Waals surface area (Å²) < 4.78 is 13.8. The number of rotatable bonds is 8. The molecule has 0 aliphatic carbocycles. The van der Waals surface area contributed by atoms with E-state index in [1.807, 2.05) is 0 Å². The highest BCUT2D eigenvalue weighted by atomic mass is 16.7. The highest BCUT2D eigenvalue weighted by Crippen LogP contribution is 2.06. The maximum absolute atomic E-state index is 12.2. The number of fused-ring (bicyclic) bond motifs is 1. The van der Waals surface area contributed by atoms with E-state index < -0.39 is 17.4 Å². The molecule has 23 heavy (non-hydrogen) atoms. The molecule has 0 saturated carbocycles. The van der Waals surface area contributed by atoms with Crippen LogP contribution in [0.2, 0.25) is 0 Å². The Morgan fingerprint density at radius 3 is 2.70 bits per heavy atom. The normalized spacial score (nSPS) is 12.9. The Morgan fingerprint density at radius 1 is 1.26 bits per heavy atom. The second-order valence-electron chi connectivity index (χ2n) is 5.05. The van der Waals surface area contributed by atoms with Gasteiger partial charge in [-0.2, -0.15) is 0 Å². The van der Waals surface area contributed by atoms with Gasteiger partial charge in [-0.25, -0.2) is 9.78 Å². The van der Waals surface area contributed by atoms with Crippen molar-refractivity contribution >= 4 is 11.2 Å². The van der Waals surface area contributed by atoms with E-state index in [1.54, 1.807) is 0 Å². The standard InChI is InChI=1S/C13H20N4O6/c1-15-11-10(12(20)16(2)13(15)21)17(7-14-11)5-9(19)6-23-8-22-4-3-18/h7,9,18-19H,3-6,8H2,1-2H3. The Bertz CT molecular complexity index is 777. The van der Waals surface area contributed by atoms with Crippen molar-refractivity contribution in [1.29, 1.82) is 0 Å². The van der Waals surface area contributed by atoms with Gasteiger partial charge in [0.05, 0.1) is 38.8 Å². The monoisotopic (exact) mass is 328 g/mol. The van der Waals surface area contributed by atoms with Crippen LogP contribution < -0.4 is 11.2 Å². The number of hydrogen-bond donors (Lipinski definition) is 2. The minimum atomic E-state index is -0.882. The van der Waals surface area contributed by atoms with Gasteiger partial charge >= 0.3 is 5.69 Å². The predicted molar refractivity (Wildman–Crippen MR) is 80.1 cm³/mol. The SMILES string of the molecule is Cn1c(=O)c2c(ncn2CC(O)COCOCCO)n(C)c1=O. The number of aryl methyl sites for hydroxylation is 1. The number of hydrogen-bond acceptors (Lipinski definition) is 7. The quantitative estimate of drug-likeness (QED) is 0.416. The van der Waals surface area contributed by atoms with Gasteiger partial charge in [0.2, 0.25) is 0 Å². The van der Waals surface area contributed by atoms with Crippen LogP contribution in [0.25, 0.3) is 11.2 Å². The predicted octanol–water partition coefficient (Wildman–Crippen LogP) is -2.22. The first-order valence-electron chi connectivity index (χ1n) is 7.02. The second kappa shape index (κ2) is 7.51. The van der Waals surface area contributed by atoms with E-state index in [9.17, 15) is 14.7 Å². The lowest BCUT2D eigenvalue weighted by Crippen LogP contribution is -2.38. The molecule has 128 valence electrons. The molecule has 2 aromatic heterocycles. The zero-order valence-corrected chi connectivity index (χ0v) is 13.0. The molecule has 0 aromatic carbocycles. The number of ether oxygens (including phenoxy) is 2. The van der Waals surface area contributed by atoms with Crippen LogP contribution in [-0.2, 0) is 30.1 Å². The van der Waals surface area contributed by atoms with Crippen LogP contribution in [0.15, 0.2) is 15.9 Å². The minimum absolute atomic E-state index is 0.00280. The maximum Gasteiger partial charge on any atom is 0.332 e. The Hall–Kier alpha value is -2.01. The zero-order chi connectivity index (χ0) is 17.0. The molecular weight excluding hydrogens is 308 g/mol. The third kappa shape index (κ3) is 3.67. The van der Waals surface area contributed by atoms with Gasteiger partial charge < -0.3 is 24.3 Å². The third-order valence-corrected chi connectivity index (χ3v) is 3.34. The molecule has 1 unspecified atom stereocenters. The van der Waals surface area contributed by atoms with Crippen molar-refractivity contribution in [1.82, 2.24) is 18.7 Å². The average Bonchev–Trinajstić information content (AvgIpc) is 2.94. The Morgan fingerprint density at radius 2 is 2.00 bits per heavy atom. The summed E-state index contributed by atoms with van der Waals surface area (Å²) >= 11 is 0. The summed E-state index contributed by atoms with van der Waals surface area (Å²) in [4.78, 5) is 28.1. The van der Waals surface area contributed by atoms with Gasteiger partial charge in [-0.3, -0.25) is 13.9 Å². The Kier molecular flexibility index (Phi) is 5.66. The molecule has 0 bridgehead atoms. The molecule has 0 radical (unpaired) electrons. The van der Waals surface area contributed by atoms with E-state index in [0.29, 0.717) is 0 Å². The molecule has 0 saturated heterocycles. The molecular formula is C13H20N4O6. The van der Waals surface area contributed by atoms with Crippen LogP contribution in [0, 0.1) is 0 Å². The fraction of sp³-hybridized carbons (Fsp3) is 0.615. The van der Waals surface area contributed by atoms with Gasteiger partial charge in [-0.15, -0.1) is 0 Å². The first-order valence-corrected chi connectivity index (χ1v) is 7.02. The Labute approximate surface area is 131 Å². The number of aliphatic hydroxyl groups excluding tert-OH is 2. The smallest absolute Gasteiger partial charge is 0.332 e. The van der Waals surface area contributed by atoms with E-state index in [4.69, 9.17) is 14.6 Å². The highest BCUT2D eigenvalue weighted by Gasteiger charge is 2.16.